The van der Waals surface area contributed by atoms with Crippen LogP contribution in [0.5, 0.6) is 0 Å². The average Bonchev–Trinajstić information content (AvgIpc) is 2.96. The van der Waals surface area contributed by atoms with Gasteiger partial charge in [0.1, 0.15) is 11.5 Å². The number of rotatable bonds is 2. The number of aromatic nitrogens is 4. The van der Waals surface area contributed by atoms with Crippen LogP contribution in [0.25, 0.3) is 22.6 Å². The number of aryl methyl sites for hydroxylation is 3. The number of hydrogen-bond acceptors (Lipinski definition) is 3. The van der Waals surface area contributed by atoms with Crippen LogP contribution in [0.2, 0.25) is 0 Å². The highest BCUT2D eigenvalue weighted by molar-refractivity contribution is 5.79. The lowest BCUT2D eigenvalue weighted by molar-refractivity contribution is 0.429. The van der Waals surface area contributed by atoms with Crippen LogP contribution in [0.15, 0.2) is 36.7 Å². The second kappa shape index (κ2) is 5.86. The fraction of sp³-hybridized carbons (Fsp3) is 0.350. The van der Waals surface area contributed by atoms with E-state index >= 15 is 0 Å². The molecule has 0 aliphatic carbocycles. The summed E-state index contributed by atoms with van der Waals surface area (Å²) >= 11 is 0. The van der Waals surface area contributed by atoms with E-state index in [0.717, 1.165) is 23.5 Å². The molecular formula is C20H22N4. The topological polar surface area (TPSA) is 43.6 Å². The third-order valence-electron chi connectivity index (χ3n) is 4.85. The third kappa shape index (κ3) is 2.42. The SMILES string of the molecule is Cc1cccc(-c2nc3n(c2-c2ccncc2C)[C@H](C)CCC3)n1. The largest absolute Gasteiger partial charge is 0.325 e. The van der Waals surface area contributed by atoms with E-state index in [4.69, 9.17) is 9.97 Å². The van der Waals surface area contributed by atoms with Crippen LogP contribution in [-0.4, -0.2) is 19.5 Å². The molecule has 4 heteroatoms. The predicted octanol–water partition coefficient (Wildman–Crippen LogP) is 4.52. The predicted molar refractivity (Wildman–Crippen MR) is 95.8 cm³/mol. The van der Waals surface area contributed by atoms with Gasteiger partial charge < -0.3 is 4.57 Å². The van der Waals surface area contributed by atoms with Crippen LogP contribution in [0.4, 0.5) is 0 Å². The first kappa shape index (κ1) is 15.1. The Morgan fingerprint density at radius 2 is 2.00 bits per heavy atom. The molecule has 0 radical (unpaired) electrons. The molecule has 0 saturated carbocycles. The number of nitrogens with zero attached hydrogens (tertiary/aromatic N) is 4. The lowest BCUT2D eigenvalue weighted by Gasteiger charge is -2.24. The van der Waals surface area contributed by atoms with Crippen molar-refractivity contribution in [1.29, 1.82) is 0 Å². The van der Waals surface area contributed by atoms with Gasteiger partial charge >= 0.3 is 0 Å². The third-order valence-corrected chi connectivity index (χ3v) is 4.85. The second-order valence-electron chi connectivity index (χ2n) is 6.69. The molecule has 4 rings (SSSR count). The number of fused-ring (bicyclic) bond motifs is 1. The van der Waals surface area contributed by atoms with E-state index in [-0.39, 0.29) is 0 Å². The molecule has 0 aromatic carbocycles. The van der Waals surface area contributed by atoms with Gasteiger partial charge in [-0.15, -0.1) is 0 Å². The molecule has 4 nitrogen and oxygen atoms in total. The summed E-state index contributed by atoms with van der Waals surface area (Å²) in [6, 6.07) is 8.70. The Morgan fingerprint density at radius 3 is 2.79 bits per heavy atom. The molecule has 1 aliphatic rings. The monoisotopic (exact) mass is 318 g/mol. The zero-order valence-electron chi connectivity index (χ0n) is 14.5. The molecule has 0 bridgehead atoms. The van der Waals surface area contributed by atoms with Gasteiger partial charge in [-0.3, -0.25) is 9.97 Å². The molecule has 4 heterocycles. The number of hydrogen-bond donors (Lipinski definition) is 0. The van der Waals surface area contributed by atoms with E-state index in [1.807, 2.05) is 25.4 Å². The first-order valence-electron chi connectivity index (χ1n) is 8.61. The van der Waals surface area contributed by atoms with Gasteiger partial charge in [-0.2, -0.15) is 0 Å². The van der Waals surface area contributed by atoms with Crippen LogP contribution in [-0.2, 0) is 6.42 Å². The summed E-state index contributed by atoms with van der Waals surface area (Å²) in [6.45, 7) is 6.43. The van der Waals surface area contributed by atoms with Gasteiger partial charge in [-0.25, -0.2) is 4.98 Å². The van der Waals surface area contributed by atoms with Gasteiger partial charge in [0.25, 0.3) is 0 Å². The Hall–Kier alpha value is -2.49. The molecule has 0 N–H and O–H groups in total. The Labute approximate surface area is 142 Å². The maximum Gasteiger partial charge on any atom is 0.115 e. The molecular weight excluding hydrogens is 296 g/mol. The van der Waals surface area contributed by atoms with Crippen molar-refractivity contribution in [2.75, 3.05) is 0 Å². The van der Waals surface area contributed by atoms with E-state index in [0.29, 0.717) is 6.04 Å². The van der Waals surface area contributed by atoms with E-state index in [2.05, 4.69) is 41.6 Å². The summed E-state index contributed by atoms with van der Waals surface area (Å²) in [5.41, 5.74) is 6.54. The lowest BCUT2D eigenvalue weighted by atomic mass is 10.0. The maximum atomic E-state index is 5.01. The summed E-state index contributed by atoms with van der Waals surface area (Å²) in [5, 5.41) is 0. The highest BCUT2D eigenvalue weighted by Crippen LogP contribution is 2.39. The van der Waals surface area contributed by atoms with Gasteiger partial charge in [0, 0.05) is 36.1 Å². The van der Waals surface area contributed by atoms with Crippen LogP contribution >= 0.6 is 0 Å². The summed E-state index contributed by atoms with van der Waals surface area (Å²) in [4.78, 5) is 14.0. The minimum atomic E-state index is 0.461. The van der Waals surface area contributed by atoms with E-state index in [9.17, 15) is 0 Å². The normalized spacial score (nSPS) is 16.9. The van der Waals surface area contributed by atoms with Crippen molar-refractivity contribution in [3.8, 4) is 22.6 Å². The van der Waals surface area contributed by atoms with E-state index in [1.54, 1.807) is 0 Å². The Morgan fingerprint density at radius 1 is 1.12 bits per heavy atom. The van der Waals surface area contributed by atoms with Crippen molar-refractivity contribution in [2.24, 2.45) is 0 Å². The quantitative estimate of drug-likeness (QED) is 0.697. The average molecular weight is 318 g/mol. The van der Waals surface area contributed by atoms with Crippen molar-refractivity contribution >= 4 is 0 Å². The van der Waals surface area contributed by atoms with Crippen LogP contribution < -0.4 is 0 Å². The van der Waals surface area contributed by atoms with Gasteiger partial charge in [-0.05, 0) is 57.4 Å². The molecule has 1 atom stereocenters. The van der Waals surface area contributed by atoms with Crippen molar-refractivity contribution in [2.45, 2.75) is 46.1 Å². The molecule has 0 spiro atoms. The highest BCUT2D eigenvalue weighted by atomic mass is 15.1. The van der Waals surface area contributed by atoms with Crippen LogP contribution in [0.1, 0.15) is 42.9 Å². The Bertz CT molecular complexity index is 894. The van der Waals surface area contributed by atoms with E-state index < -0.39 is 0 Å². The summed E-state index contributed by atoms with van der Waals surface area (Å²) in [6.07, 6.45) is 7.22. The Balaban J connectivity index is 2.02. The molecule has 3 aromatic heterocycles. The van der Waals surface area contributed by atoms with E-state index in [1.165, 1.54) is 35.5 Å². The number of imidazole rings is 1. The first-order valence-corrected chi connectivity index (χ1v) is 8.61. The van der Waals surface area contributed by atoms with Crippen molar-refractivity contribution in [3.63, 3.8) is 0 Å². The smallest absolute Gasteiger partial charge is 0.115 e. The fourth-order valence-corrected chi connectivity index (χ4v) is 3.66. The molecule has 122 valence electrons. The zero-order chi connectivity index (χ0) is 16.7. The van der Waals surface area contributed by atoms with Crippen molar-refractivity contribution < 1.29 is 0 Å². The maximum absolute atomic E-state index is 5.01. The summed E-state index contributed by atoms with van der Waals surface area (Å²) < 4.78 is 2.42. The minimum absolute atomic E-state index is 0.461. The van der Waals surface area contributed by atoms with Crippen LogP contribution in [0.3, 0.4) is 0 Å². The zero-order valence-corrected chi connectivity index (χ0v) is 14.5. The van der Waals surface area contributed by atoms with Gasteiger partial charge in [-0.1, -0.05) is 6.07 Å². The van der Waals surface area contributed by atoms with Crippen molar-refractivity contribution in [1.82, 2.24) is 19.5 Å². The Kier molecular flexibility index (Phi) is 3.68. The highest BCUT2D eigenvalue weighted by Gasteiger charge is 2.27. The molecule has 0 saturated heterocycles. The van der Waals surface area contributed by atoms with Gasteiger partial charge in [0.05, 0.1) is 11.4 Å². The molecule has 0 unspecified atom stereocenters. The molecule has 0 fully saturated rings. The summed E-state index contributed by atoms with van der Waals surface area (Å²) in [5.74, 6) is 1.18. The number of pyridine rings is 2. The minimum Gasteiger partial charge on any atom is -0.325 e. The van der Waals surface area contributed by atoms with Gasteiger partial charge in [0.2, 0.25) is 0 Å². The van der Waals surface area contributed by atoms with Crippen molar-refractivity contribution in [3.05, 3.63) is 53.7 Å². The lowest BCUT2D eigenvalue weighted by Crippen LogP contribution is -2.16. The molecule has 1 aliphatic heterocycles. The molecule has 0 amide bonds. The van der Waals surface area contributed by atoms with Crippen LogP contribution in [0, 0.1) is 13.8 Å². The summed E-state index contributed by atoms with van der Waals surface area (Å²) in [7, 11) is 0. The van der Waals surface area contributed by atoms with Gasteiger partial charge in [0.15, 0.2) is 0 Å². The molecule has 24 heavy (non-hydrogen) atoms. The second-order valence-corrected chi connectivity index (χ2v) is 6.69. The fourth-order valence-electron chi connectivity index (χ4n) is 3.66. The standard InChI is InChI=1S/C20H22N4/c1-13-12-21-11-10-16(13)20-19(17-8-4-6-14(2)22-17)23-18-9-5-7-15(3)24(18)20/h4,6,8,10-12,15H,5,7,9H2,1-3H3/t15-/m1/s1. The molecule has 3 aromatic rings. The first-order chi connectivity index (χ1) is 11.6.